The smallest absolute Gasteiger partial charge is 0.132 e. The molecule has 1 atom stereocenters. The van der Waals surface area contributed by atoms with Crippen molar-refractivity contribution in [1.29, 1.82) is 5.41 Å². The van der Waals surface area contributed by atoms with Gasteiger partial charge in [-0.25, -0.2) is 0 Å². The first-order chi connectivity index (χ1) is 15.2. The van der Waals surface area contributed by atoms with Gasteiger partial charge in [-0.15, -0.1) is 0 Å². The molecule has 4 rings (SSSR count). The summed E-state index contributed by atoms with van der Waals surface area (Å²) in [5.41, 5.74) is 3.42. The van der Waals surface area contributed by atoms with Crippen LogP contribution in [0.25, 0.3) is 11.1 Å². The van der Waals surface area contributed by atoms with Crippen LogP contribution in [0.3, 0.4) is 0 Å². The number of aromatic nitrogens is 2. The molecule has 0 saturated carbocycles. The maximum absolute atomic E-state index is 10.2. The van der Waals surface area contributed by atoms with Crippen LogP contribution in [0.1, 0.15) is 52.5 Å². The van der Waals surface area contributed by atoms with E-state index in [1.54, 1.807) is 18.5 Å². The highest BCUT2D eigenvalue weighted by molar-refractivity contribution is 5.96. The lowest BCUT2D eigenvalue weighted by Crippen LogP contribution is -2.40. The van der Waals surface area contributed by atoms with Crippen molar-refractivity contribution in [2.75, 3.05) is 24.7 Å². The number of nitrogens with one attached hydrogen (secondary N) is 1. The van der Waals surface area contributed by atoms with E-state index in [1.165, 1.54) is 5.56 Å². The maximum atomic E-state index is 10.2. The van der Waals surface area contributed by atoms with Crippen molar-refractivity contribution in [3.05, 3.63) is 30.1 Å². The summed E-state index contributed by atoms with van der Waals surface area (Å²) in [6, 6.07) is 4.51. The molecule has 2 aliphatic heterocycles. The molecule has 32 heavy (non-hydrogen) atoms. The van der Waals surface area contributed by atoms with Gasteiger partial charge in [0.05, 0.1) is 30.8 Å². The van der Waals surface area contributed by atoms with E-state index in [4.69, 9.17) is 14.9 Å². The Hall–Kier alpha value is -2.38. The molecule has 0 bridgehead atoms. The topological polar surface area (TPSA) is 83.6 Å². The van der Waals surface area contributed by atoms with E-state index in [0.717, 1.165) is 61.5 Å². The monoisotopic (exact) mass is 440 g/mol. The molecule has 2 N–H and O–H groups in total. The first-order valence-corrected chi connectivity index (χ1v) is 11.7. The number of hydrogen-bond acceptors (Lipinski definition) is 5. The van der Waals surface area contributed by atoms with Crippen LogP contribution < -0.4 is 9.64 Å². The van der Waals surface area contributed by atoms with E-state index >= 15 is 0 Å². The molecule has 7 heteroatoms. The summed E-state index contributed by atoms with van der Waals surface area (Å²) >= 11 is 0. The van der Waals surface area contributed by atoms with Crippen LogP contribution in [0, 0.1) is 11.3 Å². The third-order valence-electron chi connectivity index (χ3n) is 6.41. The summed E-state index contributed by atoms with van der Waals surface area (Å²) in [5, 5.41) is 23.0. The normalized spacial score (nSPS) is 19.7. The standard InChI is InChI=1S/C25H36N4O3/c1-17-5-6-22-23(29(17)18(2)26)8-7-21(20-13-27-28(14-20)16-25(3,4)30)24(22)32-15-19-9-11-31-12-10-19/h7-8,13-14,17,19,26,30H,5-6,9-12,15-16H2,1-4H3/t17-/m0/s1. The average molecular weight is 441 g/mol. The van der Waals surface area contributed by atoms with Gasteiger partial charge in [-0.3, -0.25) is 10.1 Å². The zero-order valence-electron chi connectivity index (χ0n) is 19.7. The molecule has 0 aliphatic carbocycles. The maximum Gasteiger partial charge on any atom is 0.132 e. The van der Waals surface area contributed by atoms with Gasteiger partial charge in [0.1, 0.15) is 5.75 Å². The molecule has 0 unspecified atom stereocenters. The number of anilines is 1. The summed E-state index contributed by atoms with van der Waals surface area (Å²) in [6.45, 7) is 10.3. The van der Waals surface area contributed by atoms with Gasteiger partial charge in [0.15, 0.2) is 0 Å². The minimum Gasteiger partial charge on any atom is -0.492 e. The van der Waals surface area contributed by atoms with E-state index in [2.05, 4.69) is 29.1 Å². The van der Waals surface area contributed by atoms with Gasteiger partial charge in [0.2, 0.25) is 0 Å². The Balaban J connectivity index is 1.71. The summed E-state index contributed by atoms with van der Waals surface area (Å²) in [6.07, 6.45) is 7.78. The van der Waals surface area contributed by atoms with Crippen molar-refractivity contribution >= 4 is 11.5 Å². The Morgan fingerprint density at radius 3 is 2.72 bits per heavy atom. The number of fused-ring (bicyclic) bond motifs is 1. The summed E-state index contributed by atoms with van der Waals surface area (Å²) < 4.78 is 13.9. The van der Waals surface area contributed by atoms with Crippen molar-refractivity contribution in [3.63, 3.8) is 0 Å². The molecule has 1 aromatic heterocycles. The van der Waals surface area contributed by atoms with Crippen LogP contribution in [-0.2, 0) is 17.7 Å². The largest absolute Gasteiger partial charge is 0.492 e. The average Bonchev–Trinajstić information content (AvgIpc) is 3.18. The Morgan fingerprint density at radius 2 is 2.03 bits per heavy atom. The van der Waals surface area contributed by atoms with Crippen LogP contribution >= 0.6 is 0 Å². The Morgan fingerprint density at radius 1 is 1.28 bits per heavy atom. The van der Waals surface area contributed by atoms with Gasteiger partial charge >= 0.3 is 0 Å². The fraction of sp³-hybridized carbons (Fsp3) is 0.600. The predicted molar refractivity (Wildman–Crippen MR) is 127 cm³/mol. The molecule has 1 saturated heterocycles. The van der Waals surface area contributed by atoms with Gasteiger partial charge in [-0.2, -0.15) is 5.10 Å². The van der Waals surface area contributed by atoms with E-state index in [1.807, 2.05) is 19.3 Å². The molecule has 1 aromatic carbocycles. The molecule has 1 fully saturated rings. The molecule has 3 heterocycles. The van der Waals surface area contributed by atoms with Crippen molar-refractivity contribution in [3.8, 4) is 16.9 Å². The van der Waals surface area contributed by atoms with E-state index in [9.17, 15) is 5.11 Å². The summed E-state index contributed by atoms with van der Waals surface area (Å²) in [4.78, 5) is 2.11. The first kappa shape index (κ1) is 22.8. The van der Waals surface area contributed by atoms with Gasteiger partial charge in [-0.05, 0) is 71.4 Å². The molecular weight excluding hydrogens is 404 g/mol. The van der Waals surface area contributed by atoms with Crippen LogP contribution in [0.4, 0.5) is 5.69 Å². The van der Waals surface area contributed by atoms with E-state index in [0.29, 0.717) is 30.9 Å². The molecule has 0 spiro atoms. The Labute approximate surface area is 190 Å². The van der Waals surface area contributed by atoms with Gasteiger partial charge in [0.25, 0.3) is 0 Å². The number of aliphatic hydroxyl groups is 1. The zero-order chi connectivity index (χ0) is 22.9. The van der Waals surface area contributed by atoms with Gasteiger partial charge in [-0.1, -0.05) is 0 Å². The highest BCUT2D eigenvalue weighted by Gasteiger charge is 2.29. The van der Waals surface area contributed by atoms with Gasteiger partial charge in [0, 0.05) is 47.8 Å². The van der Waals surface area contributed by atoms with Crippen LogP contribution in [0.15, 0.2) is 24.5 Å². The minimum atomic E-state index is -0.834. The van der Waals surface area contributed by atoms with Crippen molar-refractivity contribution in [2.45, 2.75) is 71.6 Å². The molecule has 7 nitrogen and oxygen atoms in total. The second kappa shape index (κ2) is 9.24. The predicted octanol–water partition coefficient (Wildman–Crippen LogP) is 4.26. The number of rotatable bonds is 6. The summed E-state index contributed by atoms with van der Waals surface area (Å²) in [7, 11) is 0. The number of amidine groups is 1. The molecule has 0 amide bonds. The third-order valence-corrected chi connectivity index (χ3v) is 6.41. The number of nitrogens with zero attached hydrogens (tertiary/aromatic N) is 3. The molecular formula is C25H36N4O3. The molecule has 2 aliphatic rings. The Bertz CT molecular complexity index is 957. The Kier molecular flexibility index (Phi) is 6.58. The van der Waals surface area contributed by atoms with Crippen LogP contribution in [0.5, 0.6) is 5.75 Å². The quantitative estimate of drug-likeness (QED) is 0.518. The number of hydrogen-bond donors (Lipinski definition) is 2. The van der Waals surface area contributed by atoms with E-state index < -0.39 is 5.60 Å². The third kappa shape index (κ3) is 4.99. The minimum absolute atomic E-state index is 0.295. The van der Waals surface area contributed by atoms with Crippen LogP contribution in [0.2, 0.25) is 0 Å². The van der Waals surface area contributed by atoms with Crippen molar-refractivity contribution < 1.29 is 14.6 Å². The highest BCUT2D eigenvalue weighted by atomic mass is 16.5. The highest BCUT2D eigenvalue weighted by Crippen LogP contribution is 2.43. The zero-order valence-corrected chi connectivity index (χ0v) is 19.7. The first-order valence-electron chi connectivity index (χ1n) is 11.7. The second-order valence-corrected chi connectivity index (χ2v) is 9.89. The van der Waals surface area contributed by atoms with Crippen LogP contribution in [-0.4, -0.2) is 52.2 Å². The fourth-order valence-corrected chi connectivity index (χ4v) is 4.81. The SMILES string of the molecule is CC(=N)N1c2ccc(-c3cnn(CC(C)(C)O)c3)c(OCC3CCOCC3)c2CC[C@@H]1C. The molecule has 0 radical (unpaired) electrons. The fourth-order valence-electron chi connectivity index (χ4n) is 4.81. The number of benzene rings is 1. The van der Waals surface area contributed by atoms with Crippen molar-refractivity contribution in [1.82, 2.24) is 9.78 Å². The lowest BCUT2D eigenvalue weighted by atomic mass is 9.92. The van der Waals surface area contributed by atoms with Gasteiger partial charge < -0.3 is 19.5 Å². The summed E-state index contributed by atoms with van der Waals surface area (Å²) in [5.74, 6) is 1.96. The van der Waals surface area contributed by atoms with Crippen molar-refractivity contribution in [2.24, 2.45) is 5.92 Å². The number of ether oxygens (including phenoxy) is 2. The molecule has 174 valence electrons. The lowest BCUT2D eigenvalue weighted by molar-refractivity contribution is 0.0497. The van der Waals surface area contributed by atoms with E-state index in [-0.39, 0.29) is 0 Å². The molecule has 2 aromatic rings. The second-order valence-electron chi connectivity index (χ2n) is 9.89. The lowest BCUT2D eigenvalue weighted by Gasteiger charge is -2.37.